The van der Waals surface area contributed by atoms with E-state index in [1.54, 1.807) is 6.08 Å². The van der Waals surface area contributed by atoms with Crippen LogP contribution >= 0.6 is 0 Å². The molecule has 0 N–H and O–H groups in total. The van der Waals surface area contributed by atoms with Gasteiger partial charge >= 0.3 is 0 Å². The smallest absolute Gasteiger partial charge is 0.124 e. The molecule has 0 heterocycles. The van der Waals surface area contributed by atoms with Crippen LogP contribution in [0.25, 0.3) is 0 Å². The fraction of sp³-hybridized carbons (Fsp3) is 0.375. The Morgan fingerprint density at radius 3 is 2.80 bits per heavy atom. The van der Waals surface area contributed by atoms with Crippen molar-refractivity contribution in [3.8, 4) is 0 Å². The van der Waals surface area contributed by atoms with Gasteiger partial charge in [-0.3, -0.25) is 0 Å². The number of rotatable bonds is 2. The highest BCUT2D eigenvalue weighted by Crippen LogP contribution is 2.20. The van der Waals surface area contributed by atoms with Crippen molar-refractivity contribution in [2.75, 3.05) is 0 Å². The number of aldehydes is 1. The predicted octanol–water partition coefficient (Wildman–Crippen LogP) is 2.15. The van der Waals surface area contributed by atoms with Crippen molar-refractivity contribution in [3.05, 3.63) is 23.6 Å². The van der Waals surface area contributed by atoms with E-state index >= 15 is 0 Å². The molecule has 2 heteroatoms. The minimum Gasteiger partial charge on any atom is -0.303 e. The second kappa shape index (κ2) is 3.30. The first-order valence-electron chi connectivity index (χ1n) is 3.30. The molecular weight excluding hydrogens is 131 g/mol. The summed E-state index contributed by atoms with van der Waals surface area (Å²) >= 11 is 0. The Hall–Kier alpha value is -0.920. The van der Waals surface area contributed by atoms with Gasteiger partial charge in [0, 0.05) is 12.8 Å². The van der Waals surface area contributed by atoms with Crippen LogP contribution in [0.3, 0.4) is 0 Å². The van der Waals surface area contributed by atoms with Crippen LogP contribution in [0.15, 0.2) is 23.6 Å². The number of carbonyl (C=O) groups excluding carboxylic acids is 1. The molecule has 1 aliphatic rings. The number of allylic oxidation sites excluding steroid dienone is 4. The summed E-state index contributed by atoms with van der Waals surface area (Å²) in [6, 6.07) is 0. The summed E-state index contributed by atoms with van der Waals surface area (Å²) in [7, 11) is 0. The number of carbonyl (C=O) groups is 1. The van der Waals surface area contributed by atoms with Crippen molar-refractivity contribution in [1.82, 2.24) is 0 Å². The third kappa shape index (κ3) is 1.79. The van der Waals surface area contributed by atoms with Gasteiger partial charge in [0.2, 0.25) is 0 Å². The van der Waals surface area contributed by atoms with Crippen molar-refractivity contribution in [2.24, 2.45) is 0 Å². The highest BCUT2D eigenvalue weighted by atomic mass is 19.1. The minimum absolute atomic E-state index is 0.0883. The van der Waals surface area contributed by atoms with Crippen molar-refractivity contribution in [1.29, 1.82) is 0 Å². The van der Waals surface area contributed by atoms with Crippen molar-refractivity contribution >= 4 is 6.29 Å². The lowest BCUT2D eigenvalue weighted by Gasteiger charge is -2.05. The second-order valence-electron chi connectivity index (χ2n) is 2.31. The fourth-order valence-electron chi connectivity index (χ4n) is 0.932. The normalized spacial score (nSPS) is 17.7. The molecule has 0 aliphatic heterocycles. The van der Waals surface area contributed by atoms with E-state index in [0.29, 0.717) is 19.3 Å². The van der Waals surface area contributed by atoms with Gasteiger partial charge in [0.15, 0.2) is 0 Å². The van der Waals surface area contributed by atoms with Crippen LogP contribution in [-0.4, -0.2) is 6.29 Å². The lowest BCUT2D eigenvalue weighted by atomic mass is 10.0. The van der Waals surface area contributed by atoms with Crippen molar-refractivity contribution in [2.45, 2.75) is 19.3 Å². The molecule has 1 aliphatic carbocycles. The first kappa shape index (κ1) is 7.19. The van der Waals surface area contributed by atoms with Crippen LogP contribution in [0.5, 0.6) is 0 Å². The van der Waals surface area contributed by atoms with Gasteiger partial charge < -0.3 is 4.79 Å². The van der Waals surface area contributed by atoms with Gasteiger partial charge in [0.05, 0.1) is 0 Å². The van der Waals surface area contributed by atoms with Gasteiger partial charge in [-0.25, -0.2) is 4.39 Å². The largest absolute Gasteiger partial charge is 0.303 e. The van der Waals surface area contributed by atoms with Gasteiger partial charge in [-0.15, -0.1) is 0 Å². The molecule has 10 heavy (non-hydrogen) atoms. The standard InChI is InChI=1S/C8H9FO/c9-8-3-1-7(2-4-8)5-6-10/h1,3,6H,2,4-5H2. The quantitative estimate of drug-likeness (QED) is 0.537. The number of hydrogen-bond acceptors (Lipinski definition) is 1. The Bertz CT molecular complexity index is 191. The maximum Gasteiger partial charge on any atom is 0.124 e. The summed E-state index contributed by atoms with van der Waals surface area (Å²) in [6.45, 7) is 0. The van der Waals surface area contributed by atoms with Gasteiger partial charge in [-0.1, -0.05) is 11.6 Å². The van der Waals surface area contributed by atoms with E-state index in [-0.39, 0.29) is 5.83 Å². The van der Waals surface area contributed by atoms with Crippen LogP contribution in [0, 0.1) is 0 Å². The van der Waals surface area contributed by atoms with E-state index in [1.807, 2.05) is 0 Å². The molecule has 0 aromatic rings. The Labute approximate surface area is 59.2 Å². The molecule has 0 saturated heterocycles. The van der Waals surface area contributed by atoms with Gasteiger partial charge in [0.1, 0.15) is 12.1 Å². The first-order valence-corrected chi connectivity index (χ1v) is 3.30. The lowest BCUT2D eigenvalue weighted by molar-refractivity contribution is -0.107. The van der Waals surface area contributed by atoms with E-state index in [0.717, 1.165) is 11.9 Å². The van der Waals surface area contributed by atoms with Crippen molar-refractivity contribution < 1.29 is 9.18 Å². The summed E-state index contributed by atoms with van der Waals surface area (Å²) in [5.41, 5.74) is 1.02. The Morgan fingerprint density at radius 1 is 1.50 bits per heavy atom. The van der Waals surface area contributed by atoms with Gasteiger partial charge in [-0.2, -0.15) is 0 Å². The fourth-order valence-corrected chi connectivity index (χ4v) is 0.932. The summed E-state index contributed by atoms with van der Waals surface area (Å²) < 4.78 is 12.3. The molecule has 0 atom stereocenters. The van der Waals surface area contributed by atoms with E-state index in [1.165, 1.54) is 6.08 Å². The molecule has 0 unspecified atom stereocenters. The minimum atomic E-state index is -0.0883. The van der Waals surface area contributed by atoms with E-state index in [4.69, 9.17) is 0 Å². The molecule has 54 valence electrons. The topological polar surface area (TPSA) is 17.1 Å². The number of halogens is 1. The molecule has 0 fully saturated rings. The maximum absolute atomic E-state index is 12.3. The van der Waals surface area contributed by atoms with Crippen LogP contribution in [-0.2, 0) is 4.79 Å². The summed E-state index contributed by atoms with van der Waals surface area (Å²) in [5, 5.41) is 0. The molecule has 0 bridgehead atoms. The monoisotopic (exact) mass is 140 g/mol. The number of hydrogen-bond donors (Lipinski definition) is 0. The van der Waals surface area contributed by atoms with Crippen LogP contribution in [0.2, 0.25) is 0 Å². The Morgan fingerprint density at radius 2 is 2.30 bits per heavy atom. The summed E-state index contributed by atoms with van der Waals surface area (Å²) in [4.78, 5) is 10.00. The third-order valence-corrected chi connectivity index (χ3v) is 1.53. The SMILES string of the molecule is O=CCC1=CC=C(F)CC1. The highest BCUT2D eigenvalue weighted by molar-refractivity contribution is 5.54. The Kier molecular flexibility index (Phi) is 2.37. The maximum atomic E-state index is 12.3. The molecule has 0 aromatic heterocycles. The van der Waals surface area contributed by atoms with E-state index in [2.05, 4.69) is 0 Å². The predicted molar refractivity (Wildman–Crippen MR) is 37.2 cm³/mol. The van der Waals surface area contributed by atoms with Crippen LogP contribution in [0.4, 0.5) is 4.39 Å². The molecule has 0 spiro atoms. The summed E-state index contributed by atoms with van der Waals surface area (Å²) in [5.74, 6) is -0.0883. The van der Waals surface area contributed by atoms with Gasteiger partial charge in [-0.05, 0) is 12.5 Å². The first-order chi connectivity index (χ1) is 4.83. The highest BCUT2D eigenvalue weighted by Gasteiger charge is 2.03. The van der Waals surface area contributed by atoms with Gasteiger partial charge in [0.25, 0.3) is 0 Å². The molecule has 0 amide bonds. The average Bonchev–Trinajstić information content (AvgIpc) is 1.95. The average molecular weight is 140 g/mol. The zero-order valence-electron chi connectivity index (χ0n) is 5.64. The van der Waals surface area contributed by atoms with Crippen molar-refractivity contribution in [3.63, 3.8) is 0 Å². The van der Waals surface area contributed by atoms with E-state index in [9.17, 15) is 9.18 Å². The second-order valence-corrected chi connectivity index (χ2v) is 2.31. The molecule has 1 nitrogen and oxygen atoms in total. The molecular formula is C8H9FO. The zero-order valence-corrected chi connectivity index (χ0v) is 5.64. The molecule has 0 saturated carbocycles. The third-order valence-electron chi connectivity index (χ3n) is 1.53. The molecule has 0 aromatic carbocycles. The molecule has 1 rings (SSSR count). The van der Waals surface area contributed by atoms with E-state index < -0.39 is 0 Å². The zero-order chi connectivity index (χ0) is 7.40. The van der Waals surface area contributed by atoms with Crippen LogP contribution < -0.4 is 0 Å². The summed E-state index contributed by atoms with van der Waals surface area (Å²) in [6.07, 6.45) is 5.57. The van der Waals surface area contributed by atoms with Crippen LogP contribution in [0.1, 0.15) is 19.3 Å². The molecule has 0 radical (unpaired) electrons. The lowest BCUT2D eigenvalue weighted by Crippen LogP contribution is -1.90. The Balaban J connectivity index is 2.55.